The van der Waals surface area contributed by atoms with Crippen LogP contribution in [-0.2, 0) is 4.79 Å². The summed E-state index contributed by atoms with van der Waals surface area (Å²) in [5.74, 6) is 0.864. The number of rotatable bonds is 5. The molecule has 1 amide bonds. The van der Waals surface area contributed by atoms with E-state index in [2.05, 4.69) is 13.8 Å². The minimum Gasteiger partial charge on any atom is -0.341 e. The van der Waals surface area contributed by atoms with Crippen LogP contribution in [0.3, 0.4) is 0 Å². The molecule has 0 bridgehead atoms. The minimum absolute atomic E-state index is 0.173. The Bertz CT molecular complexity index is 218. The molecule has 2 N–H and O–H groups in total. The van der Waals surface area contributed by atoms with Gasteiger partial charge in [-0.1, -0.05) is 33.1 Å². The van der Waals surface area contributed by atoms with Crippen LogP contribution in [0.5, 0.6) is 0 Å². The average molecular weight is 226 g/mol. The largest absolute Gasteiger partial charge is 0.341 e. The van der Waals surface area contributed by atoms with Gasteiger partial charge in [0, 0.05) is 13.1 Å². The molecule has 1 fully saturated rings. The number of hydrogen-bond acceptors (Lipinski definition) is 2. The van der Waals surface area contributed by atoms with Crippen LogP contribution in [0.4, 0.5) is 0 Å². The van der Waals surface area contributed by atoms with Crippen LogP contribution in [0.25, 0.3) is 0 Å². The van der Waals surface area contributed by atoms with Gasteiger partial charge in [0.2, 0.25) is 5.91 Å². The van der Waals surface area contributed by atoms with E-state index >= 15 is 0 Å². The zero-order valence-electron chi connectivity index (χ0n) is 10.7. The van der Waals surface area contributed by atoms with Gasteiger partial charge in [0.05, 0.1) is 6.04 Å². The van der Waals surface area contributed by atoms with Gasteiger partial charge in [0.15, 0.2) is 0 Å². The summed E-state index contributed by atoms with van der Waals surface area (Å²) in [7, 11) is 0. The van der Waals surface area contributed by atoms with Crippen LogP contribution in [0.1, 0.15) is 52.4 Å². The first-order chi connectivity index (χ1) is 7.69. The highest BCUT2D eigenvalue weighted by atomic mass is 16.2. The van der Waals surface area contributed by atoms with Crippen molar-refractivity contribution < 1.29 is 4.79 Å². The fourth-order valence-electron chi connectivity index (χ4n) is 2.38. The maximum atomic E-state index is 12.1. The molecule has 0 radical (unpaired) electrons. The third-order valence-corrected chi connectivity index (χ3v) is 3.59. The number of amides is 1. The lowest BCUT2D eigenvalue weighted by molar-refractivity contribution is -0.134. The lowest BCUT2D eigenvalue weighted by Crippen LogP contribution is -2.47. The van der Waals surface area contributed by atoms with Crippen molar-refractivity contribution in [2.75, 3.05) is 13.1 Å². The summed E-state index contributed by atoms with van der Waals surface area (Å²) in [6.07, 6.45) is 6.59. The molecule has 1 aliphatic heterocycles. The quantitative estimate of drug-likeness (QED) is 0.781. The normalized spacial score (nSPS) is 23.2. The average Bonchev–Trinajstić information content (AvgIpc) is 2.35. The molecule has 3 heteroatoms. The van der Waals surface area contributed by atoms with Gasteiger partial charge in [-0.15, -0.1) is 0 Å². The van der Waals surface area contributed by atoms with Crippen LogP contribution in [-0.4, -0.2) is 29.9 Å². The van der Waals surface area contributed by atoms with Gasteiger partial charge in [-0.2, -0.15) is 0 Å². The molecule has 2 atom stereocenters. The smallest absolute Gasteiger partial charge is 0.239 e. The molecule has 0 aromatic heterocycles. The van der Waals surface area contributed by atoms with Gasteiger partial charge < -0.3 is 10.6 Å². The Morgan fingerprint density at radius 2 is 2.25 bits per heavy atom. The molecule has 0 saturated carbocycles. The van der Waals surface area contributed by atoms with Gasteiger partial charge in [-0.3, -0.25) is 4.79 Å². The summed E-state index contributed by atoms with van der Waals surface area (Å²) in [5, 5.41) is 0. The molecule has 2 unspecified atom stereocenters. The SMILES string of the molecule is CCCCC(N)C(=O)N1CCCC(CC)C1. The third kappa shape index (κ3) is 3.78. The molecule has 16 heavy (non-hydrogen) atoms. The summed E-state index contributed by atoms with van der Waals surface area (Å²) in [6.45, 7) is 6.17. The van der Waals surface area contributed by atoms with Crippen LogP contribution in [0, 0.1) is 5.92 Å². The number of piperidine rings is 1. The molecule has 1 saturated heterocycles. The maximum absolute atomic E-state index is 12.1. The Hall–Kier alpha value is -0.570. The lowest BCUT2D eigenvalue weighted by Gasteiger charge is -2.33. The molecular weight excluding hydrogens is 200 g/mol. The molecule has 94 valence electrons. The number of nitrogens with two attached hydrogens (primary N) is 1. The number of likely N-dealkylation sites (tertiary alicyclic amines) is 1. The van der Waals surface area contributed by atoms with E-state index in [0.717, 1.165) is 38.8 Å². The summed E-state index contributed by atoms with van der Waals surface area (Å²) < 4.78 is 0. The van der Waals surface area contributed by atoms with Crippen molar-refractivity contribution in [1.29, 1.82) is 0 Å². The minimum atomic E-state index is -0.268. The Balaban J connectivity index is 2.40. The van der Waals surface area contributed by atoms with Gasteiger partial charge >= 0.3 is 0 Å². The predicted octanol–water partition coefficient (Wildman–Crippen LogP) is 2.15. The molecular formula is C13H26N2O. The Morgan fingerprint density at radius 1 is 1.50 bits per heavy atom. The standard InChI is InChI=1S/C13H26N2O/c1-3-5-8-12(14)13(16)15-9-6-7-11(4-2)10-15/h11-12H,3-10,14H2,1-2H3. The van der Waals surface area contributed by atoms with Crippen molar-refractivity contribution in [1.82, 2.24) is 4.90 Å². The molecule has 0 aromatic carbocycles. The summed E-state index contributed by atoms with van der Waals surface area (Å²) in [5.41, 5.74) is 5.93. The van der Waals surface area contributed by atoms with E-state index in [0.29, 0.717) is 5.92 Å². The first-order valence-electron chi connectivity index (χ1n) is 6.73. The second kappa shape index (κ2) is 6.89. The van der Waals surface area contributed by atoms with Gasteiger partial charge in [-0.05, 0) is 25.2 Å². The van der Waals surface area contributed by atoms with Gasteiger partial charge in [0.25, 0.3) is 0 Å². The van der Waals surface area contributed by atoms with E-state index in [9.17, 15) is 4.79 Å². The summed E-state index contributed by atoms with van der Waals surface area (Å²) in [6, 6.07) is -0.268. The zero-order valence-corrected chi connectivity index (χ0v) is 10.7. The van der Waals surface area contributed by atoms with E-state index in [1.165, 1.54) is 12.8 Å². The third-order valence-electron chi connectivity index (χ3n) is 3.59. The molecule has 1 aliphatic rings. The second-order valence-electron chi connectivity index (χ2n) is 4.95. The highest BCUT2D eigenvalue weighted by molar-refractivity contribution is 5.81. The van der Waals surface area contributed by atoms with Crippen molar-refractivity contribution in [3.63, 3.8) is 0 Å². The fraction of sp³-hybridized carbons (Fsp3) is 0.923. The van der Waals surface area contributed by atoms with E-state index in [1.54, 1.807) is 0 Å². The highest BCUT2D eigenvalue weighted by Crippen LogP contribution is 2.20. The molecule has 0 aliphatic carbocycles. The first-order valence-corrected chi connectivity index (χ1v) is 6.73. The first kappa shape index (κ1) is 13.5. The van der Waals surface area contributed by atoms with Crippen molar-refractivity contribution >= 4 is 5.91 Å². The monoisotopic (exact) mass is 226 g/mol. The van der Waals surface area contributed by atoms with Crippen molar-refractivity contribution in [3.8, 4) is 0 Å². The predicted molar refractivity (Wildman–Crippen MR) is 67.1 cm³/mol. The topological polar surface area (TPSA) is 46.3 Å². The van der Waals surface area contributed by atoms with E-state index in [-0.39, 0.29) is 11.9 Å². The summed E-state index contributed by atoms with van der Waals surface area (Å²) in [4.78, 5) is 14.1. The molecule has 1 heterocycles. The number of nitrogens with zero attached hydrogens (tertiary/aromatic N) is 1. The Morgan fingerprint density at radius 3 is 2.88 bits per heavy atom. The molecule has 1 rings (SSSR count). The van der Waals surface area contributed by atoms with Crippen LogP contribution in [0.2, 0.25) is 0 Å². The maximum Gasteiger partial charge on any atom is 0.239 e. The number of carbonyl (C=O) groups is 1. The summed E-state index contributed by atoms with van der Waals surface area (Å²) >= 11 is 0. The molecule has 0 spiro atoms. The van der Waals surface area contributed by atoms with Crippen LogP contribution >= 0.6 is 0 Å². The number of hydrogen-bond donors (Lipinski definition) is 1. The fourth-order valence-corrected chi connectivity index (χ4v) is 2.38. The Labute approximate surface area is 99.4 Å². The molecule has 3 nitrogen and oxygen atoms in total. The molecule has 0 aromatic rings. The van der Waals surface area contributed by atoms with Gasteiger partial charge in [-0.25, -0.2) is 0 Å². The van der Waals surface area contributed by atoms with Crippen molar-refractivity contribution in [2.24, 2.45) is 11.7 Å². The van der Waals surface area contributed by atoms with E-state index in [4.69, 9.17) is 5.73 Å². The van der Waals surface area contributed by atoms with Gasteiger partial charge in [0.1, 0.15) is 0 Å². The van der Waals surface area contributed by atoms with Crippen LogP contribution in [0.15, 0.2) is 0 Å². The van der Waals surface area contributed by atoms with Crippen LogP contribution < -0.4 is 5.73 Å². The lowest BCUT2D eigenvalue weighted by atomic mass is 9.95. The van der Waals surface area contributed by atoms with E-state index < -0.39 is 0 Å². The number of unbranched alkanes of at least 4 members (excludes halogenated alkanes) is 1. The Kier molecular flexibility index (Phi) is 5.81. The highest BCUT2D eigenvalue weighted by Gasteiger charge is 2.25. The second-order valence-corrected chi connectivity index (χ2v) is 4.95. The zero-order chi connectivity index (χ0) is 12.0. The van der Waals surface area contributed by atoms with Crippen molar-refractivity contribution in [3.05, 3.63) is 0 Å². The number of carbonyl (C=O) groups excluding carboxylic acids is 1. The van der Waals surface area contributed by atoms with E-state index in [1.807, 2.05) is 4.90 Å². The van der Waals surface area contributed by atoms with Crippen molar-refractivity contribution in [2.45, 2.75) is 58.4 Å².